The second-order valence-corrected chi connectivity index (χ2v) is 9.13. The highest BCUT2D eigenvalue weighted by Crippen LogP contribution is 2.31. The van der Waals surface area contributed by atoms with Crippen molar-refractivity contribution < 1.29 is 9.47 Å². The van der Waals surface area contributed by atoms with Crippen molar-refractivity contribution in [2.24, 2.45) is 0 Å². The molecular weight excluding hydrogens is 418 g/mol. The third-order valence-corrected chi connectivity index (χ3v) is 6.68. The average molecular weight is 452 g/mol. The van der Waals surface area contributed by atoms with E-state index in [0.29, 0.717) is 12.5 Å². The molecule has 0 amide bonds. The Kier molecular flexibility index (Phi) is 7.23. The predicted octanol–water partition coefficient (Wildman–Crippen LogP) is 6.96. The molecule has 3 heteroatoms. The maximum Gasteiger partial charge on any atom is 0.119 e. The van der Waals surface area contributed by atoms with E-state index in [4.69, 9.17) is 9.47 Å². The van der Waals surface area contributed by atoms with Crippen molar-refractivity contribution >= 4 is 10.8 Å². The van der Waals surface area contributed by atoms with Gasteiger partial charge in [0.05, 0.1) is 19.3 Å². The lowest BCUT2D eigenvalue weighted by molar-refractivity contribution is 0.0107. The van der Waals surface area contributed by atoms with Gasteiger partial charge in [0.1, 0.15) is 5.75 Å². The first kappa shape index (κ1) is 22.6. The van der Waals surface area contributed by atoms with Gasteiger partial charge in [0.15, 0.2) is 0 Å². The van der Waals surface area contributed by atoms with E-state index < -0.39 is 0 Å². The van der Waals surface area contributed by atoms with E-state index >= 15 is 0 Å². The van der Waals surface area contributed by atoms with Gasteiger partial charge in [0.2, 0.25) is 0 Å². The minimum Gasteiger partial charge on any atom is -0.494 e. The van der Waals surface area contributed by atoms with Crippen LogP contribution in [0.4, 0.5) is 0 Å². The molecule has 174 valence electrons. The van der Waals surface area contributed by atoms with Crippen molar-refractivity contribution in [3.05, 3.63) is 102 Å². The molecule has 1 saturated heterocycles. The van der Waals surface area contributed by atoms with Crippen LogP contribution in [0.3, 0.4) is 0 Å². The number of piperidine rings is 1. The average Bonchev–Trinajstić information content (AvgIpc) is 2.91. The van der Waals surface area contributed by atoms with Gasteiger partial charge in [0.25, 0.3) is 0 Å². The van der Waals surface area contributed by atoms with E-state index in [-0.39, 0.29) is 6.10 Å². The molecule has 1 aliphatic rings. The standard InChI is InChI=1S/C31H33NO2/c1-2-18-33-29-9-5-8-28(20-29)25-12-14-26(15-13-25)30-16-17-32-21-31(30)34-22-23-10-11-24-6-3-4-7-27(24)19-23/h3-15,19-20,30-32H,2,16-18,21-22H2,1H3/t30-,31+/m1/s1. The van der Waals surface area contributed by atoms with Gasteiger partial charge in [-0.15, -0.1) is 0 Å². The van der Waals surface area contributed by atoms with Crippen LogP contribution in [0.1, 0.15) is 36.8 Å². The van der Waals surface area contributed by atoms with E-state index in [1.54, 1.807) is 0 Å². The number of hydrogen-bond donors (Lipinski definition) is 1. The lowest BCUT2D eigenvalue weighted by Gasteiger charge is -2.32. The Labute approximate surface area is 202 Å². The van der Waals surface area contributed by atoms with Gasteiger partial charge in [-0.1, -0.05) is 79.7 Å². The molecule has 5 rings (SSSR count). The second kappa shape index (κ2) is 10.9. The van der Waals surface area contributed by atoms with Gasteiger partial charge in [0, 0.05) is 12.5 Å². The number of nitrogens with one attached hydrogen (secondary N) is 1. The highest BCUT2D eigenvalue weighted by Gasteiger charge is 2.27. The summed E-state index contributed by atoms with van der Waals surface area (Å²) in [5.74, 6) is 1.33. The monoisotopic (exact) mass is 451 g/mol. The maximum absolute atomic E-state index is 6.47. The van der Waals surface area contributed by atoms with Crippen LogP contribution < -0.4 is 10.1 Å². The van der Waals surface area contributed by atoms with Crippen molar-refractivity contribution in [3.63, 3.8) is 0 Å². The topological polar surface area (TPSA) is 30.5 Å². The summed E-state index contributed by atoms with van der Waals surface area (Å²) in [7, 11) is 0. The Hall–Kier alpha value is -3.14. The first-order valence-electron chi connectivity index (χ1n) is 12.4. The van der Waals surface area contributed by atoms with E-state index in [0.717, 1.165) is 38.3 Å². The molecule has 1 N–H and O–H groups in total. The molecular formula is C31H33NO2. The molecule has 3 nitrogen and oxygen atoms in total. The van der Waals surface area contributed by atoms with Crippen LogP contribution >= 0.6 is 0 Å². The van der Waals surface area contributed by atoms with Crippen LogP contribution in [-0.2, 0) is 11.3 Å². The van der Waals surface area contributed by atoms with Crippen LogP contribution in [0.5, 0.6) is 5.75 Å². The number of hydrogen-bond acceptors (Lipinski definition) is 3. The smallest absolute Gasteiger partial charge is 0.119 e. The van der Waals surface area contributed by atoms with Crippen LogP contribution in [0.2, 0.25) is 0 Å². The molecule has 0 bridgehead atoms. The summed E-state index contributed by atoms with van der Waals surface area (Å²) >= 11 is 0. The third-order valence-electron chi connectivity index (χ3n) is 6.68. The molecule has 4 aromatic carbocycles. The van der Waals surface area contributed by atoms with E-state index in [1.807, 2.05) is 6.07 Å². The minimum absolute atomic E-state index is 0.164. The van der Waals surface area contributed by atoms with Crippen molar-refractivity contribution in [3.8, 4) is 16.9 Å². The summed E-state index contributed by atoms with van der Waals surface area (Å²) in [6.45, 7) is 5.42. The van der Waals surface area contributed by atoms with Crippen LogP contribution in [-0.4, -0.2) is 25.8 Å². The third kappa shape index (κ3) is 5.32. The van der Waals surface area contributed by atoms with Gasteiger partial charge in [-0.05, 0) is 70.6 Å². The molecule has 2 atom stereocenters. The van der Waals surface area contributed by atoms with Crippen LogP contribution in [0, 0.1) is 0 Å². The lowest BCUT2D eigenvalue weighted by atomic mass is 9.87. The minimum atomic E-state index is 0.164. The van der Waals surface area contributed by atoms with Gasteiger partial charge in [-0.2, -0.15) is 0 Å². The second-order valence-electron chi connectivity index (χ2n) is 9.13. The zero-order valence-electron chi connectivity index (χ0n) is 19.9. The number of ether oxygens (including phenoxy) is 2. The Morgan fingerprint density at radius 2 is 1.68 bits per heavy atom. The van der Waals surface area contributed by atoms with Crippen LogP contribution in [0.15, 0.2) is 91.0 Å². The molecule has 1 aliphatic heterocycles. The molecule has 1 heterocycles. The highest BCUT2D eigenvalue weighted by atomic mass is 16.5. The summed E-state index contributed by atoms with van der Waals surface area (Å²) in [5, 5.41) is 6.06. The fourth-order valence-electron chi connectivity index (χ4n) is 4.83. The quantitative estimate of drug-likeness (QED) is 0.314. The van der Waals surface area contributed by atoms with Crippen molar-refractivity contribution in [2.75, 3.05) is 19.7 Å². The predicted molar refractivity (Wildman–Crippen MR) is 140 cm³/mol. The molecule has 0 radical (unpaired) electrons. The first-order valence-corrected chi connectivity index (χ1v) is 12.4. The van der Waals surface area contributed by atoms with Crippen molar-refractivity contribution in [1.82, 2.24) is 5.32 Å². The molecule has 0 unspecified atom stereocenters. The summed E-state index contributed by atoms with van der Waals surface area (Å²) in [6.07, 6.45) is 2.26. The largest absolute Gasteiger partial charge is 0.494 e. The molecule has 0 saturated carbocycles. The molecule has 0 aliphatic carbocycles. The SMILES string of the molecule is CCCOc1cccc(-c2ccc([C@H]3CCNC[C@@H]3OCc3ccc4ccccc4c3)cc2)c1. The van der Waals surface area contributed by atoms with E-state index in [9.17, 15) is 0 Å². The number of benzene rings is 4. The van der Waals surface area contributed by atoms with Gasteiger partial charge < -0.3 is 14.8 Å². The van der Waals surface area contributed by atoms with Crippen molar-refractivity contribution in [2.45, 2.75) is 38.4 Å². The zero-order valence-corrected chi connectivity index (χ0v) is 19.9. The molecule has 4 aromatic rings. The Balaban J connectivity index is 1.28. The maximum atomic E-state index is 6.47. The normalized spacial score (nSPS) is 18.1. The fraction of sp³-hybridized carbons (Fsp3) is 0.290. The summed E-state index contributed by atoms with van der Waals surface area (Å²) < 4.78 is 12.3. The number of rotatable bonds is 8. The number of fused-ring (bicyclic) bond motifs is 1. The summed E-state index contributed by atoms with van der Waals surface area (Å²) in [6, 6.07) is 32.5. The Bertz CT molecular complexity index is 1220. The molecule has 1 fully saturated rings. The molecule has 0 aromatic heterocycles. The van der Waals surface area contributed by atoms with Gasteiger partial charge in [-0.3, -0.25) is 0 Å². The molecule has 34 heavy (non-hydrogen) atoms. The first-order chi connectivity index (χ1) is 16.8. The fourth-order valence-corrected chi connectivity index (χ4v) is 4.83. The summed E-state index contributed by atoms with van der Waals surface area (Å²) in [5.41, 5.74) is 4.98. The van der Waals surface area contributed by atoms with Crippen LogP contribution in [0.25, 0.3) is 21.9 Å². The zero-order chi connectivity index (χ0) is 23.2. The van der Waals surface area contributed by atoms with Gasteiger partial charge in [-0.25, -0.2) is 0 Å². The van der Waals surface area contributed by atoms with E-state index in [2.05, 4.69) is 97.2 Å². The molecule has 0 spiro atoms. The lowest BCUT2D eigenvalue weighted by Crippen LogP contribution is -2.40. The van der Waals surface area contributed by atoms with Gasteiger partial charge >= 0.3 is 0 Å². The van der Waals surface area contributed by atoms with Crippen molar-refractivity contribution in [1.29, 1.82) is 0 Å². The Morgan fingerprint density at radius 3 is 2.53 bits per heavy atom. The highest BCUT2D eigenvalue weighted by molar-refractivity contribution is 5.82. The van der Waals surface area contributed by atoms with E-state index in [1.165, 1.54) is 33.0 Å². The Morgan fingerprint density at radius 1 is 0.824 bits per heavy atom. The summed E-state index contributed by atoms with van der Waals surface area (Å²) in [4.78, 5) is 0.